The van der Waals surface area contributed by atoms with Gasteiger partial charge in [-0.2, -0.15) is 0 Å². The van der Waals surface area contributed by atoms with Gasteiger partial charge in [0.1, 0.15) is 0 Å². The molecule has 1 aromatic rings. The van der Waals surface area contributed by atoms with Gasteiger partial charge in [-0.05, 0) is 12.8 Å². The summed E-state index contributed by atoms with van der Waals surface area (Å²) in [6.45, 7) is 5.15. The number of nitro benzene ring substituents is 1. The van der Waals surface area contributed by atoms with E-state index in [2.05, 4.69) is 13.8 Å². The monoisotopic (exact) mass is 323 g/mol. The number of benzene rings is 1. The maximum Gasteiger partial charge on any atom is 0.283 e. The molecule has 0 amide bonds. The number of hydrogen-bond donors (Lipinski definition) is 0. The van der Waals surface area contributed by atoms with Crippen LogP contribution in [0.2, 0.25) is 0 Å². The molecule has 0 spiro atoms. The molecule has 0 aliphatic carbocycles. The molecule has 0 heterocycles. The molecule has 0 radical (unpaired) electrons. The average Bonchev–Trinajstić information content (AvgIpc) is 2.55. The molecule has 6 nitrogen and oxygen atoms in total. The normalized spacial score (nSPS) is 10.3. The van der Waals surface area contributed by atoms with Gasteiger partial charge in [-0.25, -0.2) is 0 Å². The Labute approximate surface area is 136 Å². The molecule has 0 saturated carbocycles. The van der Waals surface area contributed by atoms with Crippen LogP contribution in [0.3, 0.4) is 0 Å². The third kappa shape index (κ3) is 6.26. The predicted molar refractivity (Wildman–Crippen MR) is 88.5 cm³/mol. The highest BCUT2D eigenvalue weighted by atomic mass is 16.6. The van der Waals surface area contributed by atoms with Gasteiger partial charge >= 0.3 is 0 Å². The van der Waals surface area contributed by atoms with Crippen molar-refractivity contribution in [1.29, 1.82) is 0 Å². The van der Waals surface area contributed by atoms with Crippen molar-refractivity contribution >= 4 is 12.0 Å². The van der Waals surface area contributed by atoms with Gasteiger partial charge in [-0.1, -0.05) is 39.5 Å². The SMILES string of the molecule is CCCCCOc1cc(C=O)c([N+](=O)[O-])cc1OCCCCC. The second kappa shape index (κ2) is 10.6. The summed E-state index contributed by atoms with van der Waals surface area (Å²) >= 11 is 0. The molecule has 128 valence electrons. The predicted octanol–water partition coefficient (Wildman–Crippen LogP) is 4.55. The summed E-state index contributed by atoms with van der Waals surface area (Å²) in [5.74, 6) is 0.722. The van der Waals surface area contributed by atoms with Crippen molar-refractivity contribution in [2.45, 2.75) is 52.4 Å². The Morgan fingerprint density at radius 2 is 1.52 bits per heavy atom. The minimum atomic E-state index is -0.580. The number of carbonyl (C=O) groups is 1. The van der Waals surface area contributed by atoms with Gasteiger partial charge in [-0.3, -0.25) is 14.9 Å². The minimum Gasteiger partial charge on any atom is -0.490 e. The minimum absolute atomic E-state index is 0.00130. The Morgan fingerprint density at radius 3 is 1.96 bits per heavy atom. The molecule has 0 bridgehead atoms. The van der Waals surface area contributed by atoms with E-state index in [1.165, 1.54) is 12.1 Å². The van der Waals surface area contributed by atoms with Crippen molar-refractivity contribution in [3.63, 3.8) is 0 Å². The van der Waals surface area contributed by atoms with Crippen molar-refractivity contribution in [3.8, 4) is 11.5 Å². The van der Waals surface area contributed by atoms with Crippen molar-refractivity contribution in [3.05, 3.63) is 27.8 Å². The lowest BCUT2D eigenvalue weighted by Gasteiger charge is -2.13. The van der Waals surface area contributed by atoms with Crippen LogP contribution in [0.25, 0.3) is 0 Å². The van der Waals surface area contributed by atoms with Crippen molar-refractivity contribution < 1.29 is 19.2 Å². The number of aldehydes is 1. The fraction of sp³-hybridized carbons (Fsp3) is 0.588. The fourth-order valence-corrected chi connectivity index (χ4v) is 2.11. The Kier molecular flexibility index (Phi) is 8.72. The van der Waals surface area contributed by atoms with E-state index in [-0.39, 0.29) is 11.3 Å². The maximum atomic E-state index is 11.1. The van der Waals surface area contributed by atoms with Crippen LogP contribution in [-0.4, -0.2) is 24.4 Å². The quantitative estimate of drug-likeness (QED) is 0.244. The summed E-state index contributed by atoms with van der Waals surface area (Å²) in [5, 5.41) is 11.1. The van der Waals surface area contributed by atoms with Crippen LogP contribution in [0.15, 0.2) is 12.1 Å². The molecule has 0 N–H and O–H groups in total. The lowest BCUT2D eigenvalue weighted by molar-refractivity contribution is -0.385. The van der Waals surface area contributed by atoms with E-state index < -0.39 is 4.92 Å². The number of rotatable bonds is 12. The third-order valence-electron chi connectivity index (χ3n) is 3.43. The number of nitrogens with zero attached hydrogens (tertiary/aromatic N) is 1. The fourth-order valence-electron chi connectivity index (χ4n) is 2.11. The zero-order valence-corrected chi connectivity index (χ0v) is 13.9. The molecular weight excluding hydrogens is 298 g/mol. The van der Waals surface area contributed by atoms with E-state index >= 15 is 0 Å². The molecule has 0 atom stereocenters. The highest BCUT2D eigenvalue weighted by Crippen LogP contribution is 2.34. The maximum absolute atomic E-state index is 11.1. The zero-order chi connectivity index (χ0) is 17.1. The molecule has 0 saturated heterocycles. The molecule has 0 aliphatic rings. The van der Waals surface area contributed by atoms with E-state index in [4.69, 9.17) is 9.47 Å². The van der Waals surface area contributed by atoms with Gasteiger partial charge in [0.15, 0.2) is 17.8 Å². The largest absolute Gasteiger partial charge is 0.490 e. The highest BCUT2D eigenvalue weighted by Gasteiger charge is 2.19. The summed E-state index contributed by atoms with van der Waals surface area (Å²) in [6, 6.07) is 2.68. The van der Waals surface area contributed by atoms with Gasteiger partial charge in [0, 0.05) is 6.07 Å². The number of ether oxygens (including phenoxy) is 2. The van der Waals surface area contributed by atoms with Gasteiger partial charge in [0.25, 0.3) is 5.69 Å². The van der Waals surface area contributed by atoms with Crippen LogP contribution in [0.1, 0.15) is 62.7 Å². The summed E-state index contributed by atoms with van der Waals surface area (Å²) < 4.78 is 11.3. The summed E-state index contributed by atoms with van der Waals surface area (Å²) in [5.41, 5.74) is -0.257. The van der Waals surface area contributed by atoms with E-state index in [0.29, 0.717) is 31.0 Å². The Balaban J connectivity index is 2.92. The Hall–Kier alpha value is -2.11. The van der Waals surface area contributed by atoms with Crippen LogP contribution >= 0.6 is 0 Å². The van der Waals surface area contributed by atoms with E-state index in [1.54, 1.807) is 0 Å². The first-order valence-electron chi connectivity index (χ1n) is 8.17. The number of nitro groups is 1. The molecular formula is C17H25NO5. The first-order chi connectivity index (χ1) is 11.1. The van der Waals surface area contributed by atoms with Crippen molar-refractivity contribution in [2.24, 2.45) is 0 Å². The van der Waals surface area contributed by atoms with Crippen LogP contribution in [0.5, 0.6) is 11.5 Å². The van der Waals surface area contributed by atoms with Crippen LogP contribution < -0.4 is 9.47 Å². The topological polar surface area (TPSA) is 78.7 Å². The lowest BCUT2D eigenvalue weighted by atomic mass is 10.1. The Morgan fingerprint density at radius 1 is 1.00 bits per heavy atom. The van der Waals surface area contributed by atoms with Crippen LogP contribution in [0, 0.1) is 10.1 Å². The van der Waals surface area contributed by atoms with Crippen LogP contribution in [-0.2, 0) is 0 Å². The average molecular weight is 323 g/mol. The number of unbranched alkanes of at least 4 members (excludes halogenated alkanes) is 4. The molecule has 6 heteroatoms. The standard InChI is InChI=1S/C17H25NO5/c1-3-5-7-9-22-16-11-14(13-19)15(18(20)21)12-17(16)23-10-8-6-4-2/h11-13H,3-10H2,1-2H3. The second-order valence-corrected chi connectivity index (χ2v) is 5.34. The first-order valence-corrected chi connectivity index (χ1v) is 8.17. The van der Waals surface area contributed by atoms with E-state index in [1.807, 2.05) is 0 Å². The molecule has 1 rings (SSSR count). The zero-order valence-electron chi connectivity index (χ0n) is 13.9. The highest BCUT2D eigenvalue weighted by molar-refractivity contribution is 5.83. The number of hydrogen-bond acceptors (Lipinski definition) is 5. The van der Waals surface area contributed by atoms with Crippen molar-refractivity contribution in [1.82, 2.24) is 0 Å². The summed E-state index contributed by atoms with van der Waals surface area (Å²) in [6.07, 6.45) is 6.44. The molecule has 0 unspecified atom stereocenters. The van der Waals surface area contributed by atoms with E-state index in [0.717, 1.165) is 38.5 Å². The Bertz CT molecular complexity index is 516. The lowest BCUT2D eigenvalue weighted by Crippen LogP contribution is -2.05. The first kappa shape index (κ1) is 18.9. The van der Waals surface area contributed by atoms with Crippen molar-refractivity contribution in [2.75, 3.05) is 13.2 Å². The molecule has 0 aromatic heterocycles. The van der Waals surface area contributed by atoms with Gasteiger partial charge in [0.05, 0.1) is 29.8 Å². The number of carbonyl (C=O) groups excluding carboxylic acids is 1. The molecule has 1 aromatic carbocycles. The van der Waals surface area contributed by atoms with E-state index in [9.17, 15) is 14.9 Å². The second-order valence-electron chi connectivity index (χ2n) is 5.34. The molecule has 0 fully saturated rings. The molecule has 23 heavy (non-hydrogen) atoms. The summed E-state index contributed by atoms with van der Waals surface area (Å²) in [7, 11) is 0. The smallest absolute Gasteiger partial charge is 0.283 e. The van der Waals surface area contributed by atoms with Crippen LogP contribution in [0.4, 0.5) is 5.69 Å². The molecule has 0 aliphatic heterocycles. The summed E-state index contributed by atoms with van der Waals surface area (Å²) in [4.78, 5) is 21.6. The third-order valence-corrected chi connectivity index (χ3v) is 3.43. The van der Waals surface area contributed by atoms with Gasteiger partial charge in [0.2, 0.25) is 0 Å². The van der Waals surface area contributed by atoms with Gasteiger partial charge < -0.3 is 9.47 Å². The van der Waals surface area contributed by atoms with Gasteiger partial charge in [-0.15, -0.1) is 0 Å².